The molecule has 1 saturated carbocycles. The first-order chi connectivity index (χ1) is 8.98. The molecule has 3 nitrogen and oxygen atoms in total. The normalized spacial score (nSPS) is 18.1. The molecule has 0 bridgehead atoms. The molecule has 0 saturated heterocycles. The minimum atomic E-state index is -0.725. The van der Waals surface area contributed by atoms with E-state index in [-0.39, 0.29) is 5.91 Å². The van der Waals surface area contributed by atoms with E-state index in [0.717, 1.165) is 34.6 Å². The van der Waals surface area contributed by atoms with Gasteiger partial charge in [0, 0.05) is 21.1 Å². The Balaban J connectivity index is 1.97. The molecule has 0 heterocycles. The van der Waals surface area contributed by atoms with Crippen molar-refractivity contribution in [3.05, 3.63) is 32.7 Å². The van der Waals surface area contributed by atoms with E-state index in [4.69, 9.17) is 0 Å². The molecule has 1 aliphatic carbocycles. The Labute approximate surface area is 130 Å². The third-order valence-corrected chi connectivity index (χ3v) is 4.40. The average molecular weight is 391 g/mol. The molecule has 1 fully saturated rings. The molecule has 2 N–H and O–H groups in total. The van der Waals surface area contributed by atoms with Gasteiger partial charge in [0.2, 0.25) is 0 Å². The highest BCUT2D eigenvalue weighted by molar-refractivity contribution is 9.11. The van der Waals surface area contributed by atoms with Crippen LogP contribution in [-0.4, -0.2) is 23.2 Å². The zero-order valence-electron chi connectivity index (χ0n) is 10.6. The molecule has 1 aliphatic rings. The molecular weight excluding hydrogens is 374 g/mol. The number of halogens is 2. The number of carbonyl (C=O) groups excluding carboxylic acids is 1. The monoisotopic (exact) mass is 389 g/mol. The molecule has 1 amide bonds. The molecule has 104 valence electrons. The van der Waals surface area contributed by atoms with Crippen LogP contribution in [-0.2, 0) is 0 Å². The van der Waals surface area contributed by atoms with Gasteiger partial charge in [-0.15, -0.1) is 0 Å². The molecule has 19 heavy (non-hydrogen) atoms. The topological polar surface area (TPSA) is 49.3 Å². The number of benzene rings is 1. The van der Waals surface area contributed by atoms with Gasteiger partial charge in [0.1, 0.15) is 0 Å². The second kappa shape index (κ2) is 6.37. The second-order valence-electron chi connectivity index (χ2n) is 5.13. The first kappa shape index (κ1) is 15.0. The third kappa shape index (κ3) is 4.29. The zero-order chi connectivity index (χ0) is 13.9. The van der Waals surface area contributed by atoms with Crippen molar-refractivity contribution in [1.82, 2.24) is 5.32 Å². The molecule has 0 aromatic heterocycles. The summed E-state index contributed by atoms with van der Waals surface area (Å²) in [5, 5.41) is 13.2. The summed E-state index contributed by atoms with van der Waals surface area (Å²) < 4.78 is 1.70. The summed E-state index contributed by atoms with van der Waals surface area (Å²) >= 11 is 6.72. The SMILES string of the molecule is O=C(NCC1(O)CCCCC1)c1cc(Br)cc(Br)c1. The zero-order valence-corrected chi connectivity index (χ0v) is 13.8. The molecule has 0 spiro atoms. The molecule has 0 atom stereocenters. The molecule has 0 aliphatic heterocycles. The van der Waals surface area contributed by atoms with Crippen molar-refractivity contribution < 1.29 is 9.90 Å². The van der Waals surface area contributed by atoms with E-state index < -0.39 is 5.60 Å². The number of nitrogens with one attached hydrogen (secondary N) is 1. The summed E-state index contributed by atoms with van der Waals surface area (Å²) in [6.45, 7) is 0.329. The first-order valence-electron chi connectivity index (χ1n) is 6.45. The number of carbonyl (C=O) groups is 1. The highest BCUT2D eigenvalue weighted by Crippen LogP contribution is 2.27. The number of aliphatic hydroxyl groups is 1. The van der Waals surface area contributed by atoms with E-state index >= 15 is 0 Å². The molecule has 2 rings (SSSR count). The van der Waals surface area contributed by atoms with Crippen LogP contribution in [0.2, 0.25) is 0 Å². The van der Waals surface area contributed by atoms with E-state index in [1.807, 2.05) is 6.07 Å². The van der Waals surface area contributed by atoms with Crippen LogP contribution in [0.25, 0.3) is 0 Å². The first-order valence-corrected chi connectivity index (χ1v) is 8.04. The Morgan fingerprint density at radius 2 is 1.74 bits per heavy atom. The van der Waals surface area contributed by atoms with Gasteiger partial charge in [-0.05, 0) is 31.0 Å². The van der Waals surface area contributed by atoms with Crippen LogP contribution in [0, 0.1) is 0 Å². The Morgan fingerprint density at radius 3 is 2.32 bits per heavy atom. The van der Waals surface area contributed by atoms with Crippen LogP contribution in [0.1, 0.15) is 42.5 Å². The van der Waals surface area contributed by atoms with Gasteiger partial charge in [-0.2, -0.15) is 0 Å². The van der Waals surface area contributed by atoms with Gasteiger partial charge in [-0.3, -0.25) is 4.79 Å². The fourth-order valence-corrected chi connectivity index (χ4v) is 3.71. The molecule has 0 radical (unpaired) electrons. The highest BCUT2D eigenvalue weighted by Gasteiger charge is 2.29. The predicted octanol–water partition coefficient (Wildman–Crippen LogP) is 3.64. The largest absolute Gasteiger partial charge is 0.388 e. The number of amides is 1. The lowest BCUT2D eigenvalue weighted by molar-refractivity contribution is 0.00525. The van der Waals surface area contributed by atoms with Gasteiger partial charge in [0.25, 0.3) is 5.91 Å². The Kier molecular flexibility index (Phi) is 5.03. The van der Waals surface area contributed by atoms with Crippen LogP contribution in [0.15, 0.2) is 27.1 Å². The van der Waals surface area contributed by atoms with Crippen LogP contribution in [0.3, 0.4) is 0 Å². The van der Waals surface area contributed by atoms with E-state index in [0.29, 0.717) is 12.1 Å². The van der Waals surface area contributed by atoms with Crippen LogP contribution >= 0.6 is 31.9 Å². The maximum Gasteiger partial charge on any atom is 0.251 e. The van der Waals surface area contributed by atoms with Crippen molar-refractivity contribution in [3.63, 3.8) is 0 Å². The lowest BCUT2D eigenvalue weighted by Crippen LogP contribution is -2.44. The number of hydrogen-bond acceptors (Lipinski definition) is 2. The number of hydrogen-bond donors (Lipinski definition) is 2. The van der Waals surface area contributed by atoms with Crippen LogP contribution in [0.4, 0.5) is 0 Å². The van der Waals surface area contributed by atoms with Gasteiger partial charge < -0.3 is 10.4 Å². The van der Waals surface area contributed by atoms with Crippen molar-refractivity contribution in [2.45, 2.75) is 37.7 Å². The summed E-state index contributed by atoms with van der Waals surface area (Å²) in [4.78, 5) is 12.1. The average Bonchev–Trinajstić information content (AvgIpc) is 2.36. The van der Waals surface area contributed by atoms with Crippen molar-refractivity contribution >= 4 is 37.8 Å². The molecule has 1 aromatic carbocycles. The maximum absolute atomic E-state index is 12.1. The summed E-state index contributed by atoms with van der Waals surface area (Å²) in [7, 11) is 0. The van der Waals surface area contributed by atoms with Gasteiger partial charge >= 0.3 is 0 Å². The Hall–Kier alpha value is -0.390. The van der Waals surface area contributed by atoms with E-state index in [9.17, 15) is 9.90 Å². The molecule has 1 aromatic rings. The van der Waals surface area contributed by atoms with Gasteiger partial charge in [0.05, 0.1) is 5.60 Å². The van der Waals surface area contributed by atoms with E-state index in [1.54, 1.807) is 12.1 Å². The minimum absolute atomic E-state index is 0.152. The van der Waals surface area contributed by atoms with Crippen LogP contribution in [0.5, 0.6) is 0 Å². The van der Waals surface area contributed by atoms with Crippen molar-refractivity contribution in [3.8, 4) is 0 Å². The van der Waals surface area contributed by atoms with Gasteiger partial charge in [0.15, 0.2) is 0 Å². The number of rotatable bonds is 3. The molecular formula is C14H17Br2NO2. The van der Waals surface area contributed by atoms with Crippen LogP contribution < -0.4 is 5.32 Å². The minimum Gasteiger partial charge on any atom is -0.388 e. The maximum atomic E-state index is 12.1. The van der Waals surface area contributed by atoms with Gasteiger partial charge in [-0.25, -0.2) is 0 Å². The predicted molar refractivity (Wildman–Crippen MR) is 82.2 cm³/mol. The lowest BCUT2D eigenvalue weighted by Gasteiger charge is -2.32. The summed E-state index contributed by atoms with van der Waals surface area (Å²) in [5.74, 6) is -0.152. The summed E-state index contributed by atoms with van der Waals surface area (Å²) in [6, 6.07) is 5.42. The fourth-order valence-electron chi connectivity index (χ4n) is 2.42. The smallest absolute Gasteiger partial charge is 0.251 e. The quantitative estimate of drug-likeness (QED) is 0.827. The fraction of sp³-hybridized carbons (Fsp3) is 0.500. The standard InChI is InChI=1S/C14H17Br2NO2/c15-11-6-10(7-12(16)8-11)13(18)17-9-14(19)4-2-1-3-5-14/h6-8,19H,1-5,9H2,(H,17,18). The second-order valence-corrected chi connectivity index (χ2v) is 6.96. The van der Waals surface area contributed by atoms with Gasteiger partial charge in [-0.1, -0.05) is 51.1 Å². The third-order valence-electron chi connectivity index (χ3n) is 3.49. The highest BCUT2D eigenvalue weighted by atomic mass is 79.9. The van der Waals surface area contributed by atoms with Crippen molar-refractivity contribution in [2.24, 2.45) is 0 Å². The van der Waals surface area contributed by atoms with Crippen molar-refractivity contribution in [1.29, 1.82) is 0 Å². The summed E-state index contributed by atoms with van der Waals surface area (Å²) in [5.41, 5.74) is -0.141. The Morgan fingerprint density at radius 1 is 1.16 bits per heavy atom. The van der Waals surface area contributed by atoms with E-state index in [2.05, 4.69) is 37.2 Å². The molecule has 0 unspecified atom stereocenters. The summed E-state index contributed by atoms with van der Waals surface area (Å²) in [6.07, 6.45) is 4.79. The van der Waals surface area contributed by atoms with E-state index in [1.165, 1.54) is 6.42 Å². The Bertz CT molecular complexity index is 450. The van der Waals surface area contributed by atoms with Crippen molar-refractivity contribution in [2.75, 3.05) is 6.54 Å². The molecule has 5 heteroatoms. The lowest BCUT2D eigenvalue weighted by atomic mass is 9.85.